The largest absolute Gasteiger partial charge is 0.494 e. The van der Waals surface area contributed by atoms with Crippen molar-refractivity contribution >= 4 is 34.0 Å². The number of anilines is 3. The van der Waals surface area contributed by atoms with Crippen molar-refractivity contribution in [3.63, 3.8) is 0 Å². The van der Waals surface area contributed by atoms with Crippen molar-refractivity contribution in [1.29, 1.82) is 0 Å². The van der Waals surface area contributed by atoms with Gasteiger partial charge >= 0.3 is 0 Å². The van der Waals surface area contributed by atoms with E-state index in [-0.39, 0.29) is 5.91 Å². The fourth-order valence-corrected chi connectivity index (χ4v) is 5.27. The Morgan fingerprint density at radius 1 is 1.12 bits per heavy atom. The van der Waals surface area contributed by atoms with Gasteiger partial charge in [-0.2, -0.15) is 0 Å². The lowest BCUT2D eigenvalue weighted by Gasteiger charge is -2.36. The van der Waals surface area contributed by atoms with Crippen molar-refractivity contribution in [2.45, 2.75) is 41.0 Å². The van der Waals surface area contributed by atoms with Crippen LogP contribution < -0.4 is 25.0 Å². The van der Waals surface area contributed by atoms with Crippen molar-refractivity contribution in [3.05, 3.63) is 103 Å². The second-order valence-corrected chi connectivity index (χ2v) is 11.4. The lowest BCUT2D eigenvalue weighted by Crippen LogP contribution is -2.48. The molecule has 49 heavy (non-hydrogen) atoms. The predicted molar refractivity (Wildman–Crippen MR) is 204 cm³/mol. The van der Waals surface area contributed by atoms with Gasteiger partial charge in [-0.05, 0) is 76.3 Å². The van der Waals surface area contributed by atoms with Gasteiger partial charge in [-0.3, -0.25) is 4.79 Å². The van der Waals surface area contributed by atoms with E-state index >= 15 is 0 Å². The van der Waals surface area contributed by atoms with Crippen LogP contribution in [-0.4, -0.2) is 79.6 Å². The molecule has 0 unspecified atom stereocenters. The SMILES string of the molecule is C=CC.CC.CC/C=C1\C=C(Oc2ccc(Nc3ncnc4ccc(N5CCN(C(=O)/C=C/CN(C)C)CC5)c(OC)c34)cc2C)C=CN1. The van der Waals surface area contributed by atoms with Crippen LogP contribution in [0.2, 0.25) is 0 Å². The third-order valence-corrected chi connectivity index (χ3v) is 7.49. The number of piperazine rings is 1. The van der Waals surface area contributed by atoms with Gasteiger partial charge in [0.25, 0.3) is 0 Å². The molecule has 0 radical (unpaired) electrons. The number of carbonyl (C=O) groups excluding carboxylic acids is 1. The fraction of sp³-hybridized carbons (Fsp3) is 0.359. The zero-order valence-electron chi connectivity index (χ0n) is 30.4. The second kappa shape index (κ2) is 19.7. The molecule has 5 rings (SSSR count). The number of amides is 1. The first-order chi connectivity index (χ1) is 23.8. The average Bonchev–Trinajstić information content (AvgIpc) is 3.10. The number of benzene rings is 2. The van der Waals surface area contributed by atoms with E-state index in [0.29, 0.717) is 37.7 Å². The topological polar surface area (TPSA) is 95.1 Å². The summed E-state index contributed by atoms with van der Waals surface area (Å²) in [6.45, 7) is 16.8. The van der Waals surface area contributed by atoms with E-state index in [4.69, 9.17) is 9.47 Å². The second-order valence-electron chi connectivity index (χ2n) is 11.4. The lowest BCUT2D eigenvalue weighted by atomic mass is 10.1. The molecule has 0 bridgehead atoms. The predicted octanol–water partition coefficient (Wildman–Crippen LogP) is 7.35. The number of allylic oxidation sites excluding steroid dienone is 4. The fourth-order valence-electron chi connectivity index (χ4n) is 5.27. The van der Waals surface area contributed by atoms with Crippen LogP contribution in [0.4, 0.5) is 17.2 Å². The number of fused-ring (bicyclic) bond motifs is 1. The van der Waals surface area contributed by atoms with Crippen LogP contribution in [0.15, 0.2) is 97.4 Å². The molecule has 10 heteroatoms. The van der Waals surface area contributed by atoms with Gasteiger partial charge in [0.1, 0.15) is 23.7 Å². The quantitative estimate of drug-likeness (QED) is 0.170. The van der Waals surface area contributed by atoms with E-state index in [1.165, 1.54) is 0 Å². The van der Waals surface area contributed by atoms with Gasteiger partial charge in [-0.25, -0.2) is 9.97 Å². The monoisotopic (exact) mass is 667 g/mol. The van der Waals surface area contributed by atoms with Crippen molar-refractivity contribution < 1.29 is 14.3 Å². The third-order valence-electron chi connectivity index (χ3n) is 7.49. The van der Waals surface area contributed by atoms with Crippen LogP contribution >= 0.6 is 0 Å². The zero-order chi connectivity index (χ0) is 35.8. The summed E-state index contributed by atoms with van der Waals surface area (Å²) in [4.78, 5) is 27.9. The Bertz CT molecular complexity index is 1670. The number of dihydropyridines is 1. The van der Waals surface area contributed by atoms with Crippen LogP contribution in [0.5, 0.6) is 11.5 Å². The summed E-state index contributed by atoms with van der Waals surface area (Å²) < 4.78 is 12.2. The first-order valence-corrected chi connectivity index (χ1v) is 16.9. The van der Waals surface area contributed by atoms with E-state index < -0.39 is 0 Å². The van der Waals surface area contributed by atoms with E-state index in [1.54, 1.807) is 25.6 Å². The molecule has 0 spiro atoms. The number of aryl methyl sites for hydroxylation is 1. The maximum Gasteiger partial charge on any atom is 0.246 e. The number of ether oxygens (including phenoxy) is 2. The molecule has 1 amide bonds. The molecule has 2 aliphatic heterocycles. The lowest BCUT2D eigenvalue weighted by molar-refractivity contribution is -0.126. The summed E-state index contributed by atoms with van der Waals surface area (Å²) in [6, 6.07) is 10.0. The molecule has 1 saturated heterocycles. The first kappa shape index (κ1) is 38.4. The molecule has 3 aromatic rings. The smallest absolute Gasteiger partial charge is 0.246 e. The highest BCUT2D eigenvalue weighted by Gasteiger charge is 2.24. The highest BCUT2D eigenvalue weighted by Crippen LogP contribution is 2.40. The molecule has 262 valence electrons. The van der Waals surface area contributed by atoms with Gasteiger partial charge in [-0.1, -0.05) is 39.0 Å². The zero-order valence-corrected chi connectivity index (χ0v) is 30.4. The Morgan fingerprint density at radius 2 is 1.86 bits per heavy atom. The van der Waals surface area contributed by atoms with Crippen LogP contribution in [0.3, 0.4) is 0 Å². The molecule has 2 N–H and O–H groups in total. The van der Waals surface area contributed by atoms with Gasteiger partial charge in [0, 0.05) is 62.5 Å². The molecule has 2 aliphatic rings. The van der Waals surface area contributed by atoms with Crippen LogP contribution in [0.25, 0.3) is 10.9 Å². The number of hydrogen-bond acceptors (Lipinski definition) is 9. The Morgan fingerprint density at radius 3 is 2.51 bits per heavy atom. The van der Waals surface area contributed by atoms with E-state index in [1.807, 2.05) is 106 Å². The van der Waals surface area contributed by atoms with E-state index in [0.717, 1.165) is 58.0 Å². The molecule has 0 aliphatic carbocycles. The minimum Gasteiger partial charge on any atom is -0.494 e. The highest BCUT2D eigenvalue weighted by molar-refractivity contribution is 6.00. The minimum absolute atomic E-state index is 0.0468. The maximum absolute atomic E-state index is 12.7. The molecule has 10 nitrogen and oxygen atoms in total. The van der Waals surface area contributed by atoms with Gasteiger partial charge < -0.3 is 34.8 Å². The number of rotatable bonds is 10. The van der Waals surface area contributed by atoms with Gasteiger partial charge in [0.05, 0.1) is 23.7 Å². The number of hydrogen-bond donors (Lipinski definition) is 2. The van der Waals surface area contributed by atoms with Crippen molar-refractivity contribution in [2.24, 2.45) is 0 Å². The van der Waals surface area contributed by atoms with Crippen molar-refractivity contribution in [3.8, 4) is 11.5 Å². The third kappa shape index (κ3) is 10.7. The molecular weight excluding hydrogens is 614 g/mol. The highest BCUT2D eigenvalue weighted by atomic mass is 16.5. The minimum atomic E-state index is 0.0468. The number of methoxy groups -OCH3 is 1. The summed E-state index contributed by atoms with van der Waals surface area (Å²) in [5, 5.41) is 7.50. The summed E-state index contributed by atoms with van der Waals surface area (Å²) >= 11 is 0. The molecule has 1 aromatic heterocycles. The Labute approximate surface area is 292 Å². The average molecular weight is 668 g/mol. The van der Waals surface area contributed by atoms with Crippen LogP contribution in [-0.2, 0) is 4.79 Å². The summed E-state index contributed by atoms with van der Waals surface area (Å²) in [6.07, 6.45) is 15.7. The summed E-state index contributed by atoms with van der Waals surface area (Å²) in [5.41, 5.74) is 4.61. The van der Waals surface area contributed by atoms with Crippen molar-refractivity contribution in [2.75, 3.05) is 64.1 Å². The number of likely N-dealkylation sites (N-methyl/N-ethyl adjacent to an activating group) is 1. The summed E-state index contributed by atoms with van der Waals surface area (Å²) in [7, 11) is 5.64. The molecule has 2 aromatic carbocycles. The van der Waals surface area contributed by atoms with Crippen molar-refractivity contribution in [1.82, 2.24) is 25.1 Å². The van der Waals surface area contributed by atoms with Gasteiger partial charge in [-0.15, -0.1) is 6.58 Å². The molecular formula is C39H53N7O3. The normalized spacial score (nSPS) is 14.8. The Balaban J connectivity index is 0.00000123. The number of nitrogens with one attached hydrogen (secondary N) is 2. The Kier molecular flexibility index (Phi) is 15.4. The molecule has 1 fully saturated rings. The van der Waals surface area contributed by atoms with E-state index in [9.17, 15) is 4.79 Å². The number of carbonyl (C=O) groups is 1. The first-order valence-electron chi connectivity index (χ1n) is 16.9. The van der Waals surface area contributed by atoms with Crippen LogP contribution in [0, 0.1) is 6.92 Å². The van der Waals surface area contributed by atoms with Crippen LogP contribution in [0.1, 0.15) is 39.7 Å². The Hall–Kier alpha value is -5.09. The number of aromatic nitrogens is 2. The van der Waals surface area contributed by atoms with Gasteiger partial charge in [0.2, 0.25) is 5.91 Å². The molecule has 0 atom stereocenters. The maximum atomic E-state index is 12.7. The van der Waals surface area contributed by atoms with Gasteiger partial charge in [0.15, 0.2) is 5.75 Å². The number of nitrogens with zero attached hydrogens (tertiary/aromatic N) is 5. The standard InChI is InChI=1S/C34H41N7O3.C3H6.C2H6/c1-6-8-25-22-27(14-15-35-25)44-30-13-10-26(21-24(30)2)38-34-32-28(36-23-37-34)11-12-29(33(32)43-5)40-17-19-41(20-18-40)31(42)9-7-16-39(3)4;1-3-2;1-2/h7-15,21-23,35H,6,16-20H2,1-5H3,(H,36,37,38);3H,1H2,2H3;1-2H3/b9-7+,25-8+;;. The molecule has 3 heterocycles. The summed E-state index contributed by atoms with van der Waals surface area (Å²) in [5.74, 6) is 2.96. The molecule has 0 saturated carbocycles. The van der Waals surface area contributed by atoms with E-state index in [2.05, 4.69) is 45.1 Å².